The van der Waals surface area contributed by atoms with Gasteiger partial charge in [0, 0.05) is 19.2 Å². The van der Waals surface area contributed by atoms with Crippen LogP contribution in [0.4, 0.5) is 0 Å². The molecular weight excluding hydrogens is 240 g/mol. The van der Waals surface area contributed by atoms with E-state index in [4.69, 9.17) is 5.73 Å². The third kappa shape index (κ3) is 2.40. The van der Waals surface area contributed by atoms with Crippen LogP contribution in [0.1, 0.15) is 38.5 Å². The first-order valence-corrected chi connectivity index (χ1v) is 7.85. The van der Waals surface area contributed by atoms with Gasteiger partial charge in [0.1, 0.15) is 0 Å². The Morgan fingerprint density at radius 1 is 1.16 bits per heavy atom. The second-order valence-corrected chi connectivity index (χ2v) is 6.82. The van der Waals surface area contributed by atoms with Crippen molar-refractivity contribution in [2.24, 2.45) is 35.3 Å². The molecule has 0 spiro atoms. The Bertz CT molecular complexity index is 345. The summed E-state index contributed by atoms with van der Waals surface area (Å²) in [5, 5.41) is 12.4. The summed E-state index contributed by atoms with van der Waals surface area (Å²) in [5.74, 6) is 2.17. The van der Waals surface area contributed by atoms with Gasteiger partial charge in [-0.1, -0.05) is 6.42 Å². The van der Waals surface area contributed by atoms with Crippen molar-refractivity contribution in [2.75, 3.05) is 13.2 Å². The standard InChI is InChI=1S/C15H26N2O2/c16-14-10-5-4-9(6-10)13(14)15(19)17-7-11-2-1-3-12(11)8-18/h9-14,18H,1-8,16H2,(H,17,19). The second-order valence-electron chi connectivity index (χ2n) is 6.82. The lowest BCUT2D eigenvalue weighted by molar-refractivity contribution is -0.127. The van der Waals surface area contributed by atoms with E-state index in [1.165, 1.54) is 19.3 Å². The highest BCUT2D eigenvalue weighted by Gasteiger charge is 2.49. The van der Waals surface area contributed by atoms with Gasteiger partial charge in [0.2, 0.25) is 5.91 Å². The Balaban J connectivity index is 1.52. The van der Waals surface area contributed by atoms with E-state index in [-0.39, 0.29) is 24.5 Å². The van der Waals surface area contributed by atoms with Gasteiger partial charge in [-0.2, -0.15) is 0 Å². The summed E-state index contributed by atoms with van der Waals surface area (Å²) in [6.07, 6.45) is 6.96. The summed E-state index contributed by atoms with van der Waals surface area (Å²) in [7, 11) is 0. The third-order valence-electron chi connectivity index (χ3n) is 5.87. The van der Waals surface area contributed by atoms with Crippen molar-refractivity contribution in [3.63, 3.8) is 0 Å². The average molecular weight is 266 g/mol. The number of amides is 1. The van der Waals surface area contributed by atoms with E-state index in [0.717, 1.165) is 25.8 Å². The van der Waals surface area contributed by atoms with Crippen LogP contribution in [0.15, 0.2) is 0 Å². The van der Waals surface area contributed by atoms with Crippen molar-refractivity contribution >= 4 is 5.91 Å². The van der Waals surface area contributed by atoms with E-state index in [9.17, 15) is 9.90 Å². The molecular formula is C15H26N2O2. The minimum Gasteiger partial charge on any atom is -0.396 e. The Kier molecular flexibility index (Phi) is 3.81. The molecule has 0 aromatic carbocycles. The van der Waals surface area contributed by atoms with Crippen LogP contribution in [0.25, 0.3) is 0 Å². The highest BCUT2D eigenvalue weighted by Crippen LogP contribution is 2.47. The van der Waals surface area contributed by atoms with E-state index in [1.54, 1.807) is 0 Å². The van der Waals surface area contributed by atoms with E-state index in [0.29, 0.717) is 23.7 Å². The number of carbonyl (C=O) groups excluding carboxylic acids is 1. The molecule has 4 nitrogen and oxygen atoms in total. The Labute approximate surface area is 115 Å². The first kappa shape index (κ1) is 13.4. The monoisotopic (exact) mass is 266 g/mol. The first-order valence-electron chi connectivity index (χ1n) is 7.85. The predicted molar refractivity (Wildman–Crippen MR) is 73.2 cm³/mol. The largest absolute Gasteiger partial charge is 0.396 e. The molecule has 3 aliphatic rings. The quantitative estimate of drug-likeness (QED) is 0.707. The topological polar surface area (TPSA) is 75.4 Å². The molecule has 1 amide bonds. The lowest BCUT2D eigenvalue weighted by Gasteiger charge is -2.28. The number of nitrogens with one attached hydrogen (secondary N) is 1. The molecule has 6 unspecified atom stereocenters. The summed E-state index contributed by atoms with van der Waals surface area (Å²) >= 11 is 0. The maximum Gasteiger partial charge on any atom is 0.224 e. The molecule has 3 aliphatic carbocycles. The van der Waals surface area contributed by atoms with Crippen molar-refractivity contribution in [3.8, 4) is 0 Å². The van der Waals surface area contributed by atoms with Gasteiger partial charge in [-0.25, -0.2) is 0 Å². The lowest BCUT2D eigenvalue weighted by Crippen LogP contribution is -2.46. The van der Waals surface area contributed by atoms with Crippen LogP contribution < -0.4 is 11.1 Å². The van der Waals surface area contributed by atoms with Gasteiger partial charge in [-0.3, -0.25) is 4.79 Å². The van der Waals surface area contributed by atoms with Crippen LogP contribution >= 0.6 is 0 Å². The zero-order chi connectivity index (χ0) is 13.4. The van der Waals surface area contributed by atoms with Crippen molar-refractivity contribution in [2.45, 2.75) is 44.6 Å². The molecule has 0 aliphatic heterocycles. The molecule has 2 bridgehead atoms. The Hall–Kier alpha value is -0.610. The molecule has 3 fully saturated rings. The molecule has 0 heterocycles. The van der Waals surface area contributed by atoms with Gasteiger partial charge in [-0.05, 0) is 55.8 Å². The molecule has 0 radical (unpaired) electrons. The second kappa shape index (κ2) is 5.41. The molecule has 4 N–H and O–H groups in total. The van der Waals surface area contributed by atoms with Gasteiger partial charge in [0.15, 0.2) is 0 Å². The van der Waals surface area contributed by atoms with E-state index >= 15 is 0 Å². The molecule has 19 heavy (non-hydrogen) atoms. The van der Waals surface area contributed by atoms with Crippen molar-refractivity contribution in [1.29, 1.82) is 0 Å². The highest BCUT2D eigenvalue weighted by molar-refractivity contribution is 5.80. The zero-order valence-electron chi connectivity index (χ0n) is 11.6. The number of fused-ring (bicyclic) bond motifs is 2. The van der Waals surface area contributed by atoms with Crippen LogP contribution in [-0.4, -0.2) is 30.2 Å². The first-order chi connectivity index (χ1) is 9.20. The minimum absolute atomic E-state index is 0.0488. The molecule has 6 atom stereocenters. The predicted octanol–water partition coefficient (Wildman–Crippen LogP) is 0.885. The maximum absolute atomic E-state index is 12.3. The fourth-order valence-electron chi connectivity index (χ4n) is 4.70. The lowest BCUT2D eigenvalue weighted by atomic mass is 9.84. The third-order valence-corrected chi connectivity index (χ3v) is 5.87. The van der Waals surface area contributed by atoms with Gasteiger partial charge < -0.3 is 16.2 Å². The molecule has 0 aromatic heterocycles. The number of rotatable bonds is 4. The van der Waals surface area contributed by atoms with Crippen molar-refractivity contribution in [1.82, 2.24) is 5.32 Å². The summed E-state index contributed by atoms with van der Waals surface area (Å²) < 4.78 is 0. The molecule has 108 valence electrons. The average Bonchev–Trinajstić information content (AvgIpc) is 3.10. The number of hydrogen-bond acceptors (Lipinski definition) is 3. The van der Waals surface area contributed by atoms with E-state index < -0.39 is 0 Å². The SMILES string of the molecule is NC1C2CCC(C2)C1C(=O)NCC1CCCC1CO. The molecule has 0 aromatic rings. The molecule has 4 heteroatoms. The number of nitrogens with two attached hydrogens (primary N) is 1. The smallest absolute Gasteiger partial charge is 0.224 e. The van der Waals surface area contributed by atoms with E-state index in [2.05, 4.69) is 5.32 Å². The van der Waals surface area contributed by atoms with Crippen LogP contribution in [0.2, 0.25) is 0 Å². The normalized spacial score (nSPS) is 44.7. The number of aliphatic hydroxyl groups excluding tert-OH is 1. The van der Waals surface area contributed by atoms with Crippen LogP contribution in [-0.2, 0) is 4.79 Å². The number of carbonyl (C=O) groups is 1. The maximum atomic E-state index is 12.3. The van der Waals surface area contributed by atoms with Gasteiger partial charge >= 0.3 is 0 Å². The molecule has 0 saturated heterocycles. The minimum atomic E-state index is 0.0488. The Morgan fingerprint density at radius 2 is 1.89 bits per heavy atom. The molecule has 3 saturated carbocycles. The van der Waals surface area contributed by atoms with Crippen LogP contribution in [0, 0.1) is 29.6 Å². The number of hydrogen-bond donors (Lipinski definition) is 3. The number of aliphatic hydroxyl groups is 1. The fraction of sp³-hybridized carbons (Fsp3) is 0.933. The van der Waals surface area contributed by atoms with E-state index in [1.807, 2.05) is 0 Å². The van der Waals surface area contributed by atoms with Crippen LogP contribution in [0.3, 0.4) is 0 Å². The summed E-state index contributed by atoms with van der Waals surface area (Å²) in [6, 6.07) is 0.0796. The van der Waals surface area contributed by atoms with Crippen LogP contribution in [0.5, 0.6) is 0 Å². The van der Waals surface area contributed by atoms with Gasteiger partial charge in [0.05, 0.1) is 5.92 Å². The van der Waals surface area contributed by atoms with Crippen molar-refractivity contribution in [3.05, 3.63) is 0 Å². The van der Waals surface area contributed by atoms with Gasteiger partial charge in [-0.15, -0.1) is 0 Å². The Morgan fingerprint density at radius 3 is 2.58 bits per heavy atom. The summed E-state index contributed by atoms with van der Waals surface area (Å²) in [6.45, 7) is 0.985. The summed E-state index contributed by atoms with van der Waals surface area (Å²) in [4.78, 5) is 12.3. The summed E-state index contributed by atoms with van der Waals surface area (Å²) in [5.41, 5.74) is 6.20. The highest BCUT2D eigenvalue weighted by atomic mass is 16.3. The van der Waals surface area contributed by atoms with Crippen molar-refractivity contribution < 1.29 is 9.90 Å². The molecule has 3 rings (SSSR count). The fourth-order valence-corrected chi connectivity index (χ4v) is 4.70. The zero-order valence-corrected chi connectivity index (χ0v) is 11.6. The van der Waals surface area contributed by atoms with Gasteiger partial charge in [0.25, 0.3) is 0 Å².